The fraction of sp³-hybridized carbons (Fsp3) is 0.263. The summed E-state index contributed by atoms with van der Waals surface area (Å²) in [6.45, 7) is 0. The Kier molecular flexibility index (Phi) is 4.77. The molecule has 0 saturated carbocycles. The number of aromatic hydroxyl groups is 4. The van der Waals surface area contributed by atoms with Crippen molar-refractivity contribution in [1.29, 1.82) is 0 Å². The Labute approximate surface area is 164 Å². The number of Topliss-reactive ketones (excluding diaryl/α,β-unsaturated/α-hetero) is 1. The lowest BCUT2D eigenvalue weighted by molar-refractivity contribution is -0.268. The molecule has 10 nitrogen and oxygen atoms in total. The van der Waals surface area contributed by atoms with Crippen molar-refractivity contribution in [3.05, 3.63) is 41.5 Å². The number of fused-ring (bicyclic) bond motifs is 1. The monoisotopic (exact) mass is 406 g/mol. The van der Waals surface area contributed by atoms with Crippen molar-refractivity contribution >= 4 is 11.8 Å². The van der Waals surface area contributed by atoms with Gasteiger partial charge in [-0.1, -0.05) is 0 Å². The number of ether oxygens (including phenoxy) is 3. The minimum Gasteiger partial charge on any atom is -0.508 e. The standard InChI is InChI=1S/C19H18O10/c1-27-15(24)8-18(26)17(25)16-13(23)6-10(20)7-14(16)29-19(18,28-2)9-3-4-11(21)12(22)5-9/h3-7,20-23,26H,8H2,1-2H3/t18-,19+/m0/s1. The number of carbonyl (C=O) groups excluding carboxylic acids is 2. The highest BCUT2D eigenvalue weighted by atomic mass is 16.7. The lowest BCUT2D eigenvalue weighted by Gasteiger charge is -2.47. The molecule has 10 heteroatoms. The Bertz CT molecular complexity index is 1000. The van der Waals surface area contributed by atoms with Crippen molar-refractivity contribution in [3.8, 4) is 28.7 Å². The lowest BCUT2D eigenvalue weighted by atomic mass is 9.76. The molecule has 0 radical (unpaired) electrons. The van der Waals surface area contributed by atoms with Gasteiger partial charge in [0.15, 0.2) is 11.5 Å². The number of phenolic OH excluding ortho intramolecular Hbond substituents is 4. The van der Waals surface area contributed by atoms with Crippen LogP contribution in [0.2, 0.25) is 0 Å². The Balaban J connectivity index is 2.34. The molecule has 154 valence electrons. The molecule has 2 aromatic carbocycles. The van der Waals surface area contributed by atoms with Gasteiger partial charge in [0.1, 0.15) is 22.8 Å². The van der Waals surface area contributed by atoms with Gasteiger partial charge < -0.3 is 39.7 Å². The van der Waals surface area contributed by atoms with Crippen molar-refractivity contribution < 1.29 is 49.3 Å². The van der Waals surface area contributed by atoms with Gasteiger partial charge in [0.05, 0.1) is 13.5 Å². The quantitative estimate of drug-likeness (QED) is 0.364. The Morgan fingerprint density at radius 3 is 2.31 bits per heavy atom. The zero-order valence-electron chi connectivity index (χ0n) is 15.4. The molecule has 3 rings (SSSR count). The Hall–Kier alpha value is -3.50. The van der Waals surface area contributed by atoms with Crippen LogP contribution in [0.4, 0.5) is 0 Å². The molecular formula is C19H18O10. The molecule has 0 saturated heterocycles. The molecule has 0 amide bonds. The predicted octanol–water partition coefficient (Wildman–Crippen LogP) is 0.878. The summed E-state index contributed by atoms with van der Waals surface area (Å²) in [4.78, 5) is 25.3. The minimum atomic E-state index is -2.75. The summed E-state index contributed by atoms with van der Waals surface area (Å²) in [5.74, 6) is -7.11. The second-order valence-electron chi connectivity index (χ2n) is 6.41. The van der Waals surface area contributed by atoms with Crippen molar-refractivity contribution in [2.24, 2.45) is 0 Å². The second kappa shape index (κ2) is 6.83. The molecule has 0 aromatic heterocycles. The van der Waals surface area contributed by atoms with Gasteiger partial charge in [-0.25, -0.2) is 0 Å². The third-order valence-corrected chi connectivity index (χ3v) is 4.74. The molecule has 1 aliphatic heterocycles. The molecule has 2 atom stereocenters. The number of esters is 1. The molecule has 0 aliphatic carbocycles. The summed E-state index contributed by atoms with van der Waals surface area (Å²) in [6, 6.07) is 5.11. The molecule has 0 fully saturated rings. The first-order valence-electron chi connectivity index (χ1n) is 8.26. The van der Waals surface area contributed by atoms with E-state index >= 15 is 0 Å². The summed E-state index contributed by atoms with van der Waals surface area (Å²) in [5.41, 5.74) is -3.37. The Morgan fingerprint density at radius 2 is 1.72 bits per heavy atom. The van der Waals surface area contributed by atoms with Crippen LogP contribution in [0, 0.1) is 0 Å². The lowest BCUT2D eigenvalue weighted by Crippen LogP contribution is -2.64. The normalized spacial score (nSPS) is 23.2. The van der Waals surface area contributed by atoms with E-state index in [0.29, 0.717) is 0 Å². The molecule has 1 aliphatic rings. The van der Waals surface area contributed by atoms with Gasteiger partial charge in [-0.15, -0.1) is 0 Å². The molecule has 0 bridgehead atoms. The molecule has 2 aromatic rings. The summed E-state index contributed by atoms with van der Waals surface area (Å²) < 4.78 is 15.7. The zero-order chi connectivity index (χ0) is 21.6. The largest absolute Gasteiger partial charge is 0.508 e. The first kappa shape index (κ1) is 20.2. The minimum absolute atomic E-state index is 0.136. The number of hydrogen-bond acceptors (Lipinski definition) is 10. The van der Waals surface area contributed by atoms with Gasteiger partial charge in [-0.05, 0) is 18.2 Å². The van der Waals surface area contributed by atoms with E-state index < -0.39 is 58.1 Å². The number of rotatable bonds is 4. The van der Waals surface area contributed by atoms with Gasteiger partial charge >= 0.3 is 5.97 Å². The van der Waals surface area contributed by atoms with E-state index in [4.69, 9.17) is 9.47 Å². The molecule has 1 heterocycles. The number of ketones is 1. The third kappa shape index (κ3) is 2.89. The predicted molar refractivity (Wildman–Crippen MR) is 94.8 cm³/mol. The SMILES string of the molecule is COC(=O)C[C@]1(O)C(=O)c2c(O)cc(O)cc2O[C@]1(OC)c1ccc(O)c(O)c1. The number of benzene rings is 2. The van der Waals surface area contributed by atoms with Crippen LogP contribution in [0.15, 0.2) is 30.3 Å². The molecular weight excluding hydrogens is 388 g/mol. The average Bonchev–Trinajstić information content (AvgIpc) is 2.66. The van der Waals surface area contributed by atoms with E-state index in [1.54, 1.807) is 0 Å². The zero-order valence-corrected chi connectivity index (χ0v) is 15.4. The van der Waals surface area contributed by atoms with E-state index in [1.807, 2.05) is 0 Å². The van der Waals surface area contributed by atoms with E-state index in [1.165, 1.54) is 6.07 Å². The maximum Gasteiger partial charge on any atom is 0.309 e. The number of methoxy groups -OCH3 is 2. The number of hydrogen-bond donors (Lipinski definition) is 5. The second-order valence-corrected chi connectivity index (χ2v) is 6.41. The molecule has 0 unspecified atom stereocenters. The number of aliphatic hydroxyl groups is 1. The van der Waals surface area contributed by atoms with E-state index in [2.05, 4.69) is 4.74 Å². The topological polar surface area (TPSA) is 163 Å². The van der Waals surface area contributed by atoms with Crippen LogP contribution < -0.4 is 4.74 Å². The van der Waals surface area contributed by atoms with Gasteiger partial charge in [-0.3, -0.25) is 9.59 Å². The molecule has 0 spiro atoms. The molecule has 5 N–H and O–H groups in total. The maximum absolute atomic E-state index is 13.3. The van der Waals surface area contributed by atoms with Crippen LogP contribution in [-0.2, 0) is 20.1 Å². The van der Waals surface area contributed by atoms with Crippen LogP contribution >= 0.6 is 0 Å². The first-order valence-corrected chi connectivity index (χ1v) is 8.26. The number of phenols is 4. The van der Waals surface area contributed by atoms with Gasteiger partial charge in [0, 0.05) is 24.8 Å². The van der Waals surface area contributed by atoms with E-state index in [9.17, 15) is 35.1 Å². The van der Waals surface area contributed by atoms with Crippen molar-refractivity contribution in [3.63, 3.8) is 0 Å². The van der Waals surface area contributed by atoms with Gasteiger partial charge in [0.2, 0.25) is 11.4 Å². The third-order valence-electron chi connectivity index (χ3n) is 4.74. The average molecular weight is 406 g/mol. The van der Waals surface area contributed by atoms with Crippen LogP contribution in [0.3, 0.4) is 0 Å². The highest BCUT2D eigenvalue weighted by Gasteiger charge is 2.65. The van der Waals surface area contributed by atoms with Gasteiger partial charge in [0.25, 0.3) is 5.79 Å². The van der Waals surface area contributed by atoms with Crippen LogP contribution in [-0.4, -0.2) is 57.1 Å². The molecule has 29 heavy (non-hydrogen) atoms. The van der Waals surface area contributed by atoms with Gasteiger partial charge in [-0.2, -0.15) is 0 Å². The van der Waals surface area contributed by atoms with Crippen LogP contribution in [0.25, 0.3) is 0 Å². The van der Waals surface area contributed by atoms with E-state index in [0.717, 1.165) is 38.5 Å². The summed E-state index contributed by atoms with van der Waals surface area (Å²) >= 11 is 0. The highest BCUT2D eigenvalue weighted by Crippen LogP contribution is 2.51. The fourth-order valence-corrected chi connectivity index (χ4v) is 3.32. The van der Waals surface area contributed by atoms with Crippen LogP contribution in [0.5, 0.6) is 28.7 Å². The smallest absolute Gasteiger partial charge is 0.309 e. The van der Waals surface area contributed by atoms with Crippen molar-refractivity contribution in [2.75, 3.05) is 14.2 Å². The van der Waals surface area contributed by atoms with Crippen molar-refractivity contribution in [1.82, 2.24) is 0 Å². The summed E-state index contributed by atoms with van der Waals surface area (Å²) in [7, 11) is 2.12. The van der Waals surface area contributed by atoms with Crippen molar-refractivity contribution in [2.45, 2.75) is 17.8 Å². The highest BCUT2D eigenvalue weighted by molar-refractivity contribution is 6.10. The fourth-order valence-electron chi connectivity index (χ4n) is 3.32. The first-order chi connectivity index (χ1) is 13.6. The Morgan fingerprint density at radius 1 is 1.03 bits per heavy atom. The van der Waals surface area contributed by atoms with Crippen LogP contribution in [0.1, 0.15) is 22.3 Å². The van der Waals surface area contributed by atoms with E-state index in [-0.39, 0.29) is 11.3 Å². The maximum atomic E-state index is 13.3. The summed E-state index contributed by atoms with van der Waals surface area (Å²) in [5, 5.41) is 50.8. The summed E-state index contributed by atoms with van der Waals surface area (Å²) in [6.07, 6.45) is -0.933. The number of carbonyl (C=O) groups is 2.